The van der Waals surface area contributed by atoms with Gasteiger partial charge in [0.15, 0.2) is 0 Å². The fraction of sp³-hybridized carbons (Fsp3) is 0.533. The van der Waals surface area contributed by atoms with Crippen LogP contribution in [-0.4, -0.2) is 23.9 Å². The number of carbonyl (C=O) groups excluding carboxylic acids is 1. The molecule has 0 aromatic heterocycles. The second-order valence-electron chi connectivity index (χ2n) is 5.57. The number of halogens is 6. The Hall–Kier alpha value is -1.93. The molecule has 136 valence electrons. The van der Waals surface area contributed by atoms with Crippen LogP contribution < -0.4 is 10.6 Å². The summed E-state index contributed by atoms with van der Waals surface area (Å²) in [7, 11) is 0. The lowest BCUT2D eigenvalue weighted by atomic mass is 9.94. The van der Waals surface area contributed by atoms with Crippen LogP contribution >= 0.6 is 0 Å². The molecule has 0 aliphatic carbocycles. The molecule has 0 saturated carbocycles. The molecule has 9 heteroatoms. The molecule has 0 unspecified atom stereocenters. The van der Waals surface area contributed by atoms with Crippen molar-refractivity contribution >= 4 is 11.7 Å². The molecule has 0 bridgehead atoms. The lowest BCUT2D eigenvalue weighted by Crippen LogP contribution is -2.67. The summed E-state index contributed by atoms with van der Waals surface area (Å²) in [5.74, 6) is 0. The van der Waals surface area contributed by atoms with Gasteiger partial charge in [0.05, 0.1) is 0 Å². The minimum absolute atomic E-state index is 0.113. The summed E-state index contributed by atoms with van der Waals surface area (Å²) in [5, 5.41) is 3.10. The van der Waals surface area contributed by atoms with Gasteiger partial charge in [0.1, 0.15) is 0 Å². The van der Waals surface area contributed by atoms with Gasteiger partial charge in [0.25, 0.3) is 0 Å². The summed E-state index contributed by atoms with van der Waals surface area (Å²) >= 11 is 0. The molecule has 0 heterocycles. The third-order valence-electron chi connectivity index (χ3n) is 4.01. The van der Waals surface area contributed by atoms with Crippen molar-refractivity contribution in [1.29, 1.82) is 0 Å². The van der Waals surface area contributed by atoms with E-state index >= 15 is 0 Å². The Balaban J connectivity index is 3.11. The topological polar surface area (TPSA) is 41.1 Å². The molecule has 1 rings (SSSR count). The minimum atomic E-state index is -5.68. The van der Waals surface area contributed by atoms with E-state index in [4.69, 9.17) is 0 Å². The maximum atomic E-state index is 13.0. The lowest BCUT2D eigenvalue weighted by Gasteiger charge is -2.37. The standard InChI is InChI=1S/C15H18F6N2O/c1-5-13(14(16,17)18,15(19,20)21)23-12(24)22-11-6-8(2)10(4)9(3)7-11/h6-7H,5H2,1-4H3,(H2,22,23,24). The zero-order valence-corrected chi connectivity index (χ0v) is 13.5. The van der Waals surface area contributed by atoms with E-state index in [0.29, 0.717) is 6.92 Å². The zero-order chi connectivity index (χ0) is 18.9. The van der Waals surface area contributed by atoms with Crippen LogP contribution in [0.5, 0.6) is 0 Å². The van der Waals surface area contributed by atoms with Gasteiger partial charge in [0.2, 0.25) is 5.54 Å². The van der Waals surface area contributed by atoms with Gasteiger partial charge in [-0.15, -0.1) is 0 Å². The lowest BCUT2D eigenvalue weighted by molar-refractivity contribution is -0.304. The first kappa shape index (κ1) is 20.1. The summed E-state index contributed by atoms with van der Waals surface area (Å²) in [6, 6.07) is 1.36. The maximum Gasteiger partial charge on any atom is 0.420 e. The average Bonchev–Trinajstić information content (AvgIpc) is 2.39. The summed E-state index contributed by atoms with van der Waals surface area (Å²) < 4.78 is 77.9. The van der Waals surface area contributed by atoms with E-state index in [9.17, 15) is 31.1 Å². The highest BCUT2D eigenvalue weighted by molar-refractivity contribution is 5.90. The number of amides is 2. The molecular formula is C15H18F6N2O. The first-order chi connectivity index (χ1) is 10.7. The van der Waals surface area contributed by atoms with Crippen LogP contribution in [0.15, 0.2) is 12.1 Å². The largest absolute Gasteiger partial charge is 0.420 e. The molecule has 3 nitrogen and oxygen atoms in total. The van der Waals surface area contributed by atoms with Crippen molar-refractivity contribution in [2.24, 2.45) is 0 Å². The second-order valence-corrected chi connectivity index (χ2v) is 5.57. The number of rotatable bonds is 3. The number of nitrogens with one attached hydrogen (secondary N) is 2. The monoisotopic (exact) mass is 356 g/mol. The molecule has 1 aromatic rings. The first-order valence-corrected chi connectivity index (χ1v) is 7.05. The number of hydrogen-bond acceptors (Lipinski definition) is 1. The Bertz CT molecular complexity index is 584. The fourth-order valence-electron chi connectivity index (χ4n) is 2.26. The van der Waals surface area contributed by atoms with Crippen LogP contribution in [-0.2, 0) is 0 Å². The van der Waals surface area contributed by atoms with Crippen molar-refractivity contribution in [1.82, 2.24) is 5.32 Å². The molecule has 2 N–H and O–H groups in total. The van der Waals surface area contributed by atoms with E-state index in [1.165, 1.54) is 12.1 Å². The normalized spacial score (nSPS) is 12.9. The first-order valence-electron chi connectivity index (χ1n) is 7.05. The number of alkyl halides is 6. The quantitative estimate of drug-likeness (QED) is 0.735. The number of benzene rings is 1. The van der Waals surface area contributed by atoms with Crippen LogP contribution in [0.1, 0.15) is 30.0 Å². The van der Waals surface area contributed by atoms with Gasteiger partial charge in [-0.3, -0.25) is 0 Å². The highest BCUT2D eigenvalue weighted by Crippen LogP contribution is 2.45. The molecular weight excluding hydrogens is 338 g/mol. The SMILES string of the molecule is CCC(NC(=O)Nc1cc(C)c(C)c(C)c1)(C(F)(F)F)C(F)(F)F. The van der Waals surface area contributed by atoms with E-state index in [2.05, 4.69) is 0 Å². The van der Waals surface area contributed by atoms with Crippen LogP contribution in [0.3, 0.4) is 0 Å². The Morgan fingerprint density at radius 2 is 1.38 bits per heavy atom. The van der Waals surface area contributed by atoms with Crippen molar-refractivity contribution < 1.29 is 31.1 Å². The van der Waals surface area contributed by atoms with Gasteiger partial charge >= 0.3 is 18.4 Å². The molecule has 24 heavy (non-hydrogen) atoms. The van der Waals surface area contributed by atoms with Crippen LogP contribution in [0.2, 0.25) is 0 Å². The molecule has 0 fully saturated rings. The predicted molar refractivity (Wildman–Crippen MR) is 77.9 cm³/mol. The van der Waals surface area contributed by atoms with E-state index in [1.54, 1.807) is 13.8 Å². The van der Waals surface area contributed by atoms with Crippen molar-refractivity contribution in [3.63, 3.8) is 0 Å². The van der Waals surface area contributed by atoms with E-state index < -0.39 is 30.3 Å². The van der Waals surface area contributed by atoms with E-state index in [-0.39, 0.29) is 5.69 Å². The molecule has 0 saturated heterocycles. The van der Waals surface area contributed by atoms with E-state index in [0.717, 1.165) is 22.0 Å². The minimum Gasteiger partial charge on any atom is -0.316 e. The van der Waals surface area contributed by atoms with Gasteiger partial charge in [-0.25, -0.2) is 4.79 Å². The van der Waals surface area contributed by atoms with Gasteiger partial charge < -0.3 is 10.6 Å². The molecule has 2 amide bonds. The highest BCUT2D eigenvalue weighted by Gasteiger charge is 2.70. The second kappa shape index (κ2) is 6.52. The molecule has 0 atom stereocenters. The van der Waals surface area contributed by atoms with Crippen LogP contribution in [0.4, 0.5) is 36.8 Å². The van der Waals surface area contributed by atoms with E-state index in [1.807, 2.05) is 12.2 Å². The van der Waals surface area contributed by atoms with Crippen LogP contribution in [0.25, 0.3) is 0 Å². The summed E-state index contributed by atoms with van der Waals surface area (Å²) in [4.78, 5) is 11.8. The Morgan fingerprint density at radius 3 is 1.71 bits per heavy atom. The summed E-state index contributed by atoms with van der Waals surface area (Å²) in [6.45, 7) is 5.95. The molecule has 0 spiro atoms. The number of anilines is 1. The van der Waals surface area contributed by atoms with Gasteiger partial charge in [-0.05, 0) is 56.0 Å². The zero-order valence-electron chi connectivity index (χ0n) is 13.5. The maximum absolute atomic E-state index is 13.0. The van der Waals surface area contributed by atoms with Crippen molar-refractivity contribution in [3.8, 4) is 0 Å². The van der Waals surface area contributed by atoms with Gasteiger partial charge in [-0.1, -0.05) is 6.92 Å². The summed E-state index contributed by atoms with van der Waals surface area (Å²) in [5.41, 5.74) is -1.78. The highest BCUT2D eigenvalue weighted by atomic mass is 19.4. The number of aryl methyl sites for hydroxylation is 2. The van der Waals surface area contributed by atoms with Crippen molar-refractivity contribution in [2.75, 3.05) is 5.32 Å². The van der Waals surface area contributed by atoms with Crippen molar-refractivity contribution in [2.45, 2.75) is 52.0 Å². The summed E-state index contributed by atoms with van der Waals surface area (Å²) in [6.07, 6.45) is -12.7. The predicted octanol–water partition coefficient (Wildman–Crippen LogP) is 5.01. The Morgan fingerprint density at radius 1 is 0.958 bits per heavy atom. The Labute approximate surface area is 135 Å². The van der Waals surface area contributed by atoms with Gasteiger partial charge in [-0.2, -0.15) is 26.3 Å². The third-order valence-corrected chi connectivity index (χ3v) is 4.01. The number of carbonyl (C=O) groups is 1. The van der Waals surface area contributed by atoms with Crippen LogP contribution in [0, 0.1) is 20.8 Å². The molecule has 0 radical (unpaired) electrons. The van der Waals surface area contributed by atoms with Crippen molar-refractivity contribution in [3.05, 3.63) is 28.8 Å². The molecule has 0 aliphatic rings. The third kappa shape index (κ3) is 3.76. The average molecular weight is 356 g/mol. The Kier molecular flexibility index (Phi) is 5.47. The fourth-order valence-corrected chi connectivity index (χ4v) is 2.26. The smallest absolute Gasteiger partial charge is 0.316 e. The molecule has 0 aliphatic heterocycles. The molecule has 1 aromatic carbocycles. The number of hydrogen-bond donors (Lipinski definition) is 2. The number of urea groups is 1. The van der Waals surface area contributed by atoms with Gasteiger partial charge in [0, 0.05) is 5.69 Å².